The monoisotopic (exact) mass is 233 g/mol. The maximum atomic E-state index is 11.7. The van der Waals surface area contributed by atoms with Gasteiger partial charge in [0, 0.05) is 17.2 Å². The summed E-state index contributed by atoms with van der Waals surface area (Å²) >= 11 is 0. The largest absolute Gasteiger partial charge is 0.450 e. The molecule has 0 radical (unpaired) electrons. The van der Waals surface area contributed by atoms with Crippen molar-refractivity contribution < 1.29 is 14.3 Å². The molecule has 17 heavy (non-hydrogen) atoms. The van der Waals surface area contributed by atoms with E-state index in [1.165, 1.54) is 0 Å². The molecular formula is C13H15NO3. The Morgan fingerprint density at radius 3 is 2.47 bits per heavy atom. The molecular weight excluding hydrogens is 218 g/mol. The lowest BCUT2D eigenvalue weighted by Crippen LogP contribution is -2.13. The Labute approximate surface area is 100.0 Å². The van der Waals surface area contributed by atoms with E-state index in [0.717, 1.165) is 12.8 Å². The van der Waals surface area contributed by atoms with Crippen LogP contribution in [0.2, 0.25) is 0 Å². The standard InChI is InChI=1S/C13H15NO3/c1-2-17-13(16)14-11-7-5-10(6-8-11)12(15)9-3-4-9/h5-9H,2-4H2,1H3,(H,14,16). The third-order valence-corrected chi connectivity index (χ3v) is 2.64. The van der Waals surface area contributed by atoms with Gasteiger partial charge in [-0.3, -0.25) is 10.1 Å². The molecule has 0 atom stereocenters. The van der Waals surface area contributed by atoms with Crippen LogP contribution in [-0.2, 0) is 4.74 Å². The van der Waals surface area contributed by atoms with Crippen LogP contribution in [0, 0.1) is 5.92 Å². The summed E-state index contributed by atoms with van der Waals surface area (Å²) in [7, 11) is 0. The predicted octanol–water partition coefficient (Wildman–Crippen LogP) is 2.85. The topological polar surface area (TPSA) is 55.4 Å². The van der Waals surface area contributed by atoms with E-state index in [1.807, 2.05) is 0 Å². The minimum absolute atomic E-state index is 0.202. The summed E-state index contributed by atoms with van der Waals surface area (Å²) in [5, 5.41) is 2.58. The van der Waals surface area contributed by atoms with Crippen LogP contribution in [0.5, 0.6) is 0 Å². The quantitative estimate of drug-likeness (QED) is 0.813. The van der Waals surface area contributed by atoms with Crippen LogP contribution in [0.15, 0.2) is 24.3 Å². The number of Topliss-reactive ketones (excluding diaryl/α,β-unsaturated/α-hetero) is 1. The first-order chi connectivity index (χ1) is 8.20. The zero-order valence-corrected chi connectivity index (χ0v) is 9.73. The van der Waals surface area contributed by atoms with Gasteiger partial charge in [0.15, 0.2) is 5.78 Å². The Kier molecular flexibility index (Phi) is 3.42. The molecule has 1 saturated carbocycles. The zero-order chi connectivity index (χ0) is 12.3. The van der Waals surface area contributed by atoms with Crippen molar-refractivity contribution in [3.63, 3.8) is 0 Å². The van der Waals surface area contributed by atoms with Gasteiger partial charge in [-0.1, -0.05) is 0 Å². The first kappa shape index (κ1) is 11.6. The summed E-state index contributed by atoms with van der Waals surface area (Å²) in [4.78, 5) is 22.9. The van der Waals surface area contributed by atoms with Gasteiger partial charge in [0.2, 0.25) is 0 Å². The van der Waals surface area contributed by atoms with Crippen LogP contribution in [0.25, 0.3) is 0 Å². The molecule has 1 fully saturated rings. The van der Waals surface area contributed by atoms with Gasteiger partial charge in [0.25, 0.3) is 0 Å². The van der Waals surface area contributed by atoms with E-state index in [1.54, 1.807) is 31.2 Å². The van der Waals surface area contributed by atoms with Gasteiger partial charge in [-0.2, -0.15) is 0 Å². The van der Waals surface area contributed by atoms with Gasteiger partial charge in [0.1, 0.15) is 0 Å². The normalized spacial score (nSPS) is 14.2. The van der Waals surface area contributed by atoms with Gasteiger partial charge in [-0.15, -0.1) is 0 Å². The molecule has 90 valence electrons. The highest BCUT2D eigenvalue weighted by atomic mass is 16.5. The molecule has 0 saturated heterocycles. The Morgan fingerprint density at radius 1 is 1.29 bits per heavy atom. The fourth-order valence-corrected chi connectivity index (χ4v) is 1.58. The Bertz CT molecular complexity index is 421. The molecule has 1 aromatic rings. The molecule has 4 nitrogen and oxygen atoms in total. The lowest BCUT2D eigenvalue weighted by molar-refractivity contribution is 0.0967. The van der Waals surface area contributed by atoms with E-state index >= 15 is 0 Å². The molecule has 0 aromatic heterocycles. The molecule has 1 aliphatic carbocycles. The number of carbonyl (C=O) groups is 2. The molecule has 1 amide bonds. The molecule has 0 unspecified atom stereocenters. The minimum atomic E-state index is -0.478. The number of carbonyl (C=O) groups excluding carboxylic acids is 2. The van der Waals surface area contributed by atoms with Crippen molar-refractivity contribution >= 4 is 17.6 Å². The van der Waals surface area contributed by atoms with Crippen molar-refractivity contribution in [2.75, 3.05) is 11.9 Å². The smallest absolute Gasteiger partial charge is 0.411 e. The maximum absolute atomic E-state index is 11.7. The molecule has 0 spiro atoms. The second-order valence-corrected chi connectivity index (χ2v) is 4.06. The predicted molar refractivity (Wildman–Crippen MR) is 64.1 cm³/mol. The van der Waals surface area contributed by atoms with Gasteiger partial charge in [-0.05, 0) is 44.0 Å². The number of rotatable bonds is 4. The highest BCUT2D eigenvalue weighted by Gasteiger charge is 2.30. The first-order valence-corrected chi connectivity index (χ1v) is 5.78. The van der Waals surface area contributed by atoms with Gasteiger partial charge < -0.3 is 4.74 Å². The summed E-state index contributed by atoms with van der Waals surface area (Å²) in [6, 6.07) is 6.91. The SMILES string of the molecule is CCOC(=O)Nc1ccc(C(=O)C2CC2)cc1. The first-order valence-electron chi connectivity index (χ1n) is 5.78. The highest BCUT2D eigenvalue weighted by Crippen LogP contribution is 2.32. The van der Waals surface area contributed by atoms with Crippen LogP contribution >= 0.6 is 0 Å². The summed E-state index contributed by atoms with van der Waals surface area (Å²) in [5.74, 6) is 0.423. The van der Waals surface area contributed by atoms with Gasteiger partial charge in [-0.25, -0.2) is 4.79 Å². The number of nitrogens with one attached hydrogen (secondary N) is 1. The number of hydrogen-bond donors (Lipinski definition) is 1. The van der Waals surface area contributed by atoms with E-state index in [2.05, 4.69) is 5.32 Å². The van der Waals surface area contributed by atoms with Crippen LogP contribution in [-0.4, -0.2) is 18.5 Å². The second kappa shape index (κ2) is 4.99. The van der Waals surface area contributed by atoms with E-state index in [9.17, 15) is 9.59 Å². The summed E-state index contributed by atoms with van der Waals surface area (Å²) in [6.07, 6.45) is 1.53. The molecule has 1 aromatic carbocycles. The van der Waals surface area contributed by atoms with Crippen molar-refractivity contribution in [2.24, 2.45) is 5.92 Å². The molecule has 2 rings (SSSR count). The van der Waals surface area contributed by atoms with Crippen molar-refractivity contribution in [3.8, 4) is 0 Å². The number of ether oxygens (including phenoxy) is 1. The van der Waals surface area contributed by atoms with Crippen molar-refractivity contribution in [1.82, 2.24) is 0 Å². The molecule has 1 aliphatic rings. The summed E-state index contributed by atoms with van der Waals surface area (Å²) in [6.45, 7) is 2.08. The summed E-state index contributed by atoms with van der Waals surface area (Å²) in [5.41, 5.74) is 1.35. The molecule has 0 bridgehead atoms. The van der Waals surface area contributed by atoms with E-state index < -0.39 is 6.09 Å². The van der Waals surface area contributed by atoms with Crippen LogP contribution in [0.4, 0.5) is 10.5 Å². The fourth-order valence-electron chi connectivity index (χ4n) is 1.58. The van der Waals surface area contributed by atoms with Crippen LogP contribution in [0.1, 0.15) is 30.1 Å². The van der Waals surface area contributed by atoms with Crippen molar-refractivity contribution in [1.29, 1.82) is 0 Å². The number of anilines is 1. The maximum Gasteiger partial charge on any atom is 0.411 e. The Morgan fingerprint density at radius 2 is 1.94 bits per heavy atom. The lowest BCUT2D eigenvalue weighted by atomic mass is 10.1. The average molecular weight is 233 g/mol. The van der Waals surface area contributed by atoms with Gasteiger partial charge in [0.05, 0.1) is 6.61 Å². The molecule has 1 N–H and O–H groups in total. The van der Waals surface area contributed by atoms with E-state index in [0.29, 0.717) is 17.9 Å². The van der Waals surface area contributed by atoms with Crippen molar-refractivity contribution in [2.45, 2.75) is 19.8 Å². The molecule has 0 aliphatic heterocycles. The zero-order valence-electron chi connectivity index (χ0n) is 9.73. The number of hydrogen-bond acceptors (Lipinski definition) is 3. The fraction of sp³-hybridized carbons (Fsp3) is 0.385. The number of amides is 1. The lowest BCUT2D eigenvalue weighted by Gasteiger charge is -2.05. The number of benzene rings is 1. The van der Waals surface area contributed by atoms with Crippen LogP contribution < -0.4 is 5.32 Å². The Hall–Kier alpha value is -1.84. The minimum Gasteiger partial charge on any atom is -0.450 e. The van der Waals surface area contributed by atoms with Gasteiger partial charge >= 0.3 is 6.09 Å². The average Bonchev–Trinajstić information content (AvgIpc) is 3.13. The van der Waals surface area contributed by atoms with Crippen LogP contribution in [0.3, 0.4) is 0 Å². The number of ketones is 1. The van der Waals surface area contributed by atoms with Crippen molar-refractivity contribution in [3.05, 3.63) is 29.8 Å². The molecule has 0 heterocycles. The molecule has 4 heteroatoms. The summed E-state index contributed by atoms with van der Waals surface area (Å²) < 4.78 is 4.75. The second-order valence-electron chi connectivity index (χ2n) is 4.06. The third-order valence-electron chi connectivity index (χ3n) is 2.64. The van der Waals surface area contributed by atoms with E-state index in [-0.39, 0.29) is 11.7 Å². The Balaban J connectivity index is 1.97. The van der Waals surface area contributed by atoms with E-state index in [4.69, 9.17) is 4.74 Å². The third kappa shape index (κ3) is 3.06. The highest BCUT2D eigenvalue weighted by molar-refractivity contribution is 5.99.